The minimum absolute atomic E-state index is 0.248. The van der Waals surface area contributed by atoms with E-state index in [1.54, 1.807) is 16.9 Å². The molecule has 25 heavy (non-hydrogen) atoms. The lowest BCUT2D eigenvalue weighted by molar-refractivity contribution is 0.102. The average Bonchev–Trinajstić information content (AvgIpc) is 3.28. The van der Waals surface area contributed by atoms with E-state index in [1.165, 1.54) is 0 Å². The largest absolute Gasteiger partial charge is 0.436 e. The summed E-state index contributed by atoms with van der Waals surface area (Å²) in [6.07, 6.45) is 1.78. The SMILES string of the molecule is CCn1ccc(C(=O)Nc2cccc(-c3nc4ccccc4o3)c2)n1. The predicted octanol–water partition coefficient (Wildman–Crippen LogP) is 3.96. The number of oxazole rings is 1. The fourth-order valence-corrected chi connectivity index (χ4v) is 2.58. The topological polar surface area (TPSA) is 73.0 Å². The fourth-order valence-electron chi connectivity index (χ4n) is 2.58. The standard InChI is InChI=1S/C19H16N4O2/c1-2-23-11-10-16(22-23)18(24)20-14-7-5-6-13(12-14)19-21-15-8-3-4-9-17(15)25-19/h3-12H,2H2,1H3,(H,20,24). The predicted molar refractivity (Wildman–Crippen MR) is 95.3 cm³/mol. The lowest BCUT2D eigenvalue weighted by Crippen LogP contribution is -2.13. The molecule has 0 radical (unpaired) electrons. The molecule has 0 atom stereocenters. The molecule has 2 aromatic carbocycles. The first-order valence-electron chi connectivity index (χ1n) is 8.04. The molecule has 2 heterocycles. The first-order valence-corrected chi connectivity index (χ1v) is 8.04. The van der Waals surface area contributed by atoms with Crippen molar-refractivity contribution >= 4 is 22.7 Å². The van der Waals surface area contributed by atoms with E-state index in [1.807, 2.05) is 55.5 Å². The van der Waals surface area contributed by atoms with E-state index < -0.39 is 0 Å². The minimum Gasteiger partial charge on any atom is -0.436 e. The summed E-state index contributed by atoms with van der Waals surface area (Å²) in [5.74, 6) is 0.273. The normalized spacial score (nSPS) is 10.9. The molecule has 0 saturated carbocycles. The van der Waals surface area contributed by atoms with Crippen molar-refractivity contribution in [3.63, 3.8) is 0 Å². The van der Waals surface area contributed by atoms with Gasteiger partial charge in [-0.2, -0.15) is 5.10 Å². The van der Waals surface area contributed by atoms with Crippen molar-refractivity contribution in [1.29, 1.82) is 0 Å². The minimum atomic E-state index is -0.248. The molecule has 0 fully saturated rings. The Labute approximate surface area is 144 Å². The van der Waals surface area contributed by atoms with Gasteiger partial charge < -0.3 is 9.73 Å². The molecule has 0 unspecified atom stereocenters. The molecule has 0 bridgehead atoms. The summed E-state index contributed by atoms with van der Waals surface area (Å²) in [6.45, 7) is 2.69. The summed E-state index contributed by atoms with van der Waals surface area (Å²) in [6, 6.07) is 16.7. The second-order valence-electron chi connectivity index (χ2n) is 5.58. The number of para-hydroxylation sites is 2. The van der Waals surface area contributed by atoms with Crippen LogP contribution in [0, 0.1) is 0 Å². The zero-order valence-electron chi connectivity index (χ0n) is 13.6. The van der Waals surface area contributed by atoms with Gasteiger partial charge in [0.15, 0.2) is 11.3 Å². The summed E-state index contributed by atoms with van der Waals surface area (Å²) < 4.78 is 7.49. The van der Waals surface area contributed by atoms with Crippen molar-refractivity contribution in [2.45, 2.75) is 13.5 Å². The van der Waals surface area contributed by atoms with Crippen LogP contribution in [0.1, 0.15) is 17.4 Å². The van der Waals surface area contributed by atoms with Crippen LogP contribution < -0.4 is 5.32 Å². The van der Waals surface area contributed by atoms with Crippen LogP contribution in [0.3, 0.4) is 0 Å². The molecule has 0 aliphatic heterocycles. The highest BCUT2D eigenvalue weighted by Crippen LogP contribution is 2.26. The molecule has 0 aliphatic rings. The molecular weight excluding hydrogens is 316 g/mol. The Kier molecular flexibility index (Phi) is 3.78. The number of aromatic nitrogens is 3. The monoisotopic (exact) mass is 332 g/mol. The van der Waals surface area contributed by atoms with E-state index >= 15 is 0 Å². The number of carbonyl (C=O) groups is 1. The van der Waals surface area contributed by atoms with Crippen molar-refractivity contribution in [1.82, 2.24) is 14.8 Å². The van der Waals surface area contributed by atoms with Crippen molar-refractivity contribution in [2.24, 2.45) is 0 Å². The number of amides is 1. The number of carbonyl (C=O) groups excluding carboxylic acids is 1. The Balaban J connectivity index is 1.59. The molecule has 0 saturated heterocycles. The van der Waals surface area contributed by atoms with Gasteiger partial charge in [0, 0.05) is 24.0 Å². The number of hydrogen-bond donors (Lipinski definition) is 1. The molecule has 1 N–H and O–H groups in total. The smallest absolute Gasteiger partial charge is 0.276 e. The fraction of sp³-hybridized carbons (Fsp3) is 0.105. The van der Waals surface area contributed by atoms with Gasteiger partial charge in [0.1, 0.15) is 5.52 Å². The van der Waals surface area contributed by atoms with Crippen LogP contribution in [0.4, 0.5) is 5.69 Å². The van der Waals surface area contributed by atoms with Crippen LogP contribution in [0.2, 0.25) is 0 Å². The molecule has 4 rings (SSSR count). The molecule has 0 spiro atoms. The number of anilines is 1. The Morgan fingerprint density at radius 1 is 1.16 bits per heavy atom. The second-order valence-corrected chi connectivity index (χ2v) is 5.58. The maximum Gasteiger partial charge on any atom is 0.276 e. The highest BCUT2D eigenvalue weighted by molar-refractivity contribution is 6.03. The number of rotatable bonds is 4. The van der Waals surface area contributed by atoms with Crippen LogP contribution in [-0.4, -0.2) is 20.7 Å². The Bertz CT molecular complexity index is 1020. The molecule has 6 nitrogen and oxygen atoms in total. The highest BCUT2D eigenvalue weighted by atomic mass is 16.3. The Hall–Kier alpha value is -3.41. The number of nitrogens with one attached hydrogen (secondary N) is 1. The lowest BCUT2D eigenvalue weighted by atomic mass is 10.2. The number of aryl methyl sites for hydroxylation is 1. The van der Waals surface area contributed by atoms with Crippen molar-refractivity contribution in [3.8, 4) is 11.5 Å². The molecular formula is C19H16N4O2. The molecule has 124 valence electrons. The highest BCUT2D eigenvalue weighted by Gasteiger charge is 2.12. The third-order valence-corrected chi connectivity index (χ3v) is 3.86. The van der Waals surface area contributed by atoms with Crippen molar-refractivity contribution in [2.75, 3.05) is 5.32 Å². The van der Waals surface area contributed by atoms with Crippen molar-refractivity contribution in [3.05, 3.63) is 66.5 Å². The van der Waals surface area contributed by atoms with E-state index in [9.17, 15) is 4.79 Å². The third-order valence-electron chi connectivity index (χ3n) is 3.86. The molecule has 6 heteroatoms. The average molecular weight is 332 g/mol. The number of fused-ring (bicyclic) bond motifs is 1. The van der Waals surface area contributed by atoms with Crippen LogP contribution in [0.25, 0.3) is 22.6 Å². The maximum atomic E-state index is 12.3. The second kappa shape index (κ2) is 6.24. The first-order chi connectivity index (χ1) is 12.2. The van der Waals surface area contributed by atoms with Gasteiger partial charge in [0.25, 0.3) is 5.91 Å². The summed E-state index contributed by atoms with van der Waals surface area (Å²) in [5, 5.41) is 7.06. The van der Waals surface area contributed by atoms with Gasteiger partial charge in [0.2, 0.25) is 5.89 Å². The number of benzene rings is 2. The van der Waals surface area contributed by atoms with E-state index in [4.69, 9.17) is 4.42 Å². The first kappa shape index (κ1) is 15.1. The lowest BCUT2D eigenvalue weighted by Gasteiger charge is -2.04. The van der Waals surface area contributed by atoms with Crippen LogP contribution in [0.5, 0.6) is 0 Å². The van der Waals surface area contributed by atoms with Crippen LogP contribution in [-0.2, 0) is 6.54 Å². The Morgan fingerprint density at radius 3 is 2.84 bits per heavy atom. The molecule has 0 aliphatic carbocycles. The van der Waals surface area contributed by atoms with Gasteiger partial charge in [-0.25, -0.2) is 4.98 Å². The van der Waals surface area contributed by atoms with Gasteiger partial charge in [-0.05, 0) is 43.3 Å². The van der Waals surface area contributed by atoms with Crippen LogP contribution >= 0.6 is 0 Å². The van der Waals surface area contributed by atoms with Crippen molar-refractivity contribution < 1.29 is 9.21 Å². The quantitative estimate of drug-likeness (QED) is 0.614. The molecule has 4 aromatic rings. The zero-order valence-corrected chi connectivity index (χ0v) is 13.6. The molecule has 2 aromatic heterocycles. The Morgan fingerprint density at radius 2 is 2.04 bits per heavy atom. The maximum absolute atomic E-state index is 12.3. The van der Waals surface area contributed by atoms with Gasteiger partial charge in [-0.3, -0.25) is 9.48 Å². The van der Waals surface area contributed by atoms with Gasteiger partial charge in [-0.1, -0.05) is 18.2 Å². The van der Waals surface area contributed by atoms with E-state index in [0.717, 1.165) is 23.2 Å². The third kappa shape index (κ3) is 3.01. The summed E-state index contributed by atoms with van der Waals surface area (Å²) >= 11 is 0. The van der Waals surface area contributed by atoms with E-state index in [2.05, 4.69) is 15.4 Å². The van der Waals surface area contributed by atoms with Gasteiger partial charge in [0.05, 0.1) is 0 Å². The van der Waals surface area contributed by atoms with Crippen LogP contribution in [0.15, 0.2) is 65.2 Å². The number of nitrogens with zero attached hydrogens (tertiary/aromatic N) is 3. The summed E-state index contributed by atoms with van der Waals surface area (Å²) in [4.78, 5) is 16.8. The summed E-state index contributed by atoms with van der Waals surface area (Å²) in [7, 11) is 0. The zero-order chi connectivity index (χ0) is 17.2. The van der Waals surface area contributed by atoms with Gasteiger partial charge >= 0.3 is 0 Å². The van der Waals surface area contributed by atoms with E-state index in [0.29, 0.717) is 17.3 Å². The van der Waals surface area contributed by atoms with Gasteiger partial charge in [-0.15, -0.1) is 0 Å². The number of hydrogen-bond acceptors (Lipinski definition) is 4. The summed E-state index contributed by atoms with van der Waals surface area (Å²) in [5.41, 5.74) is 3.38. The molecule has 1 amide bonds. The van der Waals surface area contributed by atoms with E-state index in [-0.39, 0.29) is 5.91 Å².